The maximum atomic E-state index is 12.4. The van der Waals surface area contributed by atoms with Crippen LogP contribution < -0.4 is 4.74 Å². The van der Waals surface area contributed by atoms with Crippen LogP contribution in [-0.2, 0) is 11.2 Å². The van der Waals surface area contributed by atoms with Crippen LogP contribution in [0.5, 0.6) is 5.75 Å². The molecular weight excluding hydrogens is 254 g/mol. The maximum absolute atomic E-state index is 12.4. The summed E-state index contributed by atoms with van der Waals surface area (Å²) in [6.07, 6.45) is 4.26. The highest BCUT2D eigenvalue weighted by Crippen LogP contribution is 2.22. The Kier molecular flexibility index (Phi) is 5.41. The Bertz CT molecular complexity index is 430. The molecule has 1 aliphatic rings. The molecule has 0 aliphatic carbocycles. The van der Waals surface area contributed by atoms with Gasteiger partial charge in [-0.25, -0.2) is 0 Å². The summed E-state index contributed by atoms with van der Waals surface area (Å²) < 4.78 is 5.12. The fraction of sp³-hybridized carbons (Fsp3) is 0.562. The molecule has 1 unspecified atom stereocenters. The molecule has 1 N–H and O–H groups in total. The van der Waals surface area contributed by atoms with Crippen LogP contribution in [0.15, 0.2) is 24.3 Å². The van der Waals surface area contributed by atoms with Crippen LogP contribution in [0, 0.1) is 0 Å². The highest BCUT2D eigenvalue weighted by Gasteiger charge is 2.27. The Balaban J connectivity index is 1.92. The number of hydrogen-bond donors (Lipinski definition) is 1. The molecule has 20 heavy (non-hydrogen) atoms. The standard InChI is InChI=1S/C16H23NO3/c1-20-15-8-6-13(7-9-15)12-16(19)17-10-2-4-14(17)5-3-11-18/h6-9,14,18H,2-5,10-12H2,1H3. The van der Waals surface area contributed by atoms with Gasteiger partial charge in [0.05, 0.1) is 13.5 Å². The zero-order valence-electron chi connectivity index (χ0n) is 12.0. The van der Waals surface area contributed by atoms with Gasteiger partial charge in [-0.1, -0.05) is 12.1 Å². The quantitative estimate of drug-likeness (QED) is 0.865. The molecule has 1 heterocycles. The van der Waals surface area contributed by atoms with Crippen molar-refractivity contribution in [3.8, 4) is 5.75 Å². The predicted molar refractivity (Wildman–Crippen MR) is 77.8 cm³/mol. The first-order valence-corrected chi connectivity index (χ1v) is 7.28. The number of carbonyl (C=O) groups is 1. The summed E-state index contributed by atoms with van der Waals surface area (Å²) in [6, 6.07) is 7.96. The van der Waals surface area contributed by atoms with Gasteiger partial charge in [0.25, 0.3) is 0 Å². The fourth-order valence-corrected chi connectivity index (χ4v) is 2.81. The van der Waals surface area contributed by atoms with E-state index >= 15 is 0 Å². The first-order chi connectivity index (χ1) is 9.74. The van der Waals surface area contributed by atoms with E-state index in [0.717, 1.165) is 43.5 Å². The number of nitrogens with zero attached hydrogens (tertiary/aromatic N) is 1. The molecule has 1 aliphatic heterocycles. The van der Waals surface area contributed by atoms with Crippen LogP contribution in [0.2, 0.25) is 0 Å². The normalized spacial score (nSPS) is 18.3. The van der Waals surface area contributed by atoms with Crippen LogP contribution in [0.4, 0.5) is 0 Å². The highest BCUT2D eigenvalue weighted by molar-refractivity contribution is 5.79. The van der Waals surface area contributed by atoms with E-state index < -0.39 is 0 Å². The monoisotopic (exact) mass is 277 g/mol. The van der Waals surface area contributed by atoms with Gasteiger partial charge in [-0.3, -0.25) is 4.79 Å². The van der Waals surface area contributed by atoms with Gasteiger partial charge >= 0.3 is 0 Å². The third kappa shape index (κ3) is 3.73. The van der Waals surface area contributed by atoms with E-state index in [0.29, 0.717) is 12.5 Å². The molecule has 4 heteroatoms. The summed E-state index contributed by atoms with van der Waals surface area (Å²) in [4.78, 5) is 14.4. The molecule has 1 aromatic carbocycles. The molecule has 1 fully saturated rings. The Morgan fingerprint density at radius 1 is 1.40 bits per heavy atom. The third-order valence-electron chi connectivity index (χ3n) is 3.91. The van der Waals surface area contributed by atoms with Crippen molar-refractivity contribution in [2.24, 2.45) is 0 Å². The largest absolute Gasteiger partial charge is 0.497 e. The average Bonchev–Trinajstić information content (AvgIpc) is 2.94. The molecule has 0 aromatic heterocycles. The van der Waals surface area contributed by atoms with Crippen molar-refractivity contribution in [3.05, 3.63) is 29.8 Å². The van der Waals surface area contributed by atoms with E-state index in [1.165, 1.54) is 0 Å². The Morgan fingerprint density at radius 2 is 2.15 bits per heavy atom. The topological polar surface area (TPSA) is 49.8 Å². The van der Waals surface area contributed by atoms with Gasteiger partial charge < -0.3 is 14.7 Å². The molecular formula is C16H23NO3. The number of rotatable bonds is 6. The fourth-order valence-electron chi connectivity index (χ4n) is 2.81. The summed E-state index contributed by atoms with van der Waals surface area (Å²) in [5, 5.41) is 8.92. The van der Waals surface area contributed by atoms with Crippen LogP contribution in [0.25, 0.3) is 0 Å². The lowest BCUT2D eigenvalue weighted by Crippen LogP contribution is -2.36. The van der Waals surface area contributed by atoms with E-state index in [4.69, 9.17) is 9.84 Å². The van der Waals surface area contributed by atoms with Gasteiger partial charge in [-0.15, -0.1) is 0 Å². The molecule has 2 rings (SSSR count). The summed E-state index contributed by atoms with van der Waals surface area (Å²) in [5.41, 5.74) is 1.02. The average molecular weight is 277 g/mol. The van der Waals surface area contributed by atoms with Crippen molar-refractivity contribution in [1.82, 2.24) is 4.90 Å². The first kappa shape index (κ1) is 14.9. The lowest BCUT2D eigenvalue weighted by Gasteiger charge is -2.24. The van der Waals surface area contributed by atoms with Gasteiger partial charge in [0.15, 0.2) is 0 Å². The molecule has 0 spiro atoms. The van der Waals surface area contributed by atoms with Crippen LogP contribution in [0.1, 0.15) is 31.2 Å². The van der Waals surface area contributed by atoms with Crippen LogP contribution in [-0.4, -0.2) is 42.2 Å². The Morgan fingerprint density at radius 3 is 2.80 bits per heavy atom. The number of carbonyl (C=O) groups excluding carboxylic acids is 1. The van der Waals surface area contributed by atoms with E-state index in [1.807, 2.05) is 29.2 Å². The van der Waals surface area contributed by atoms with E-state index in [2.05, 4.69) is 0 Å². The summed E-state index contributed by atoms with van der Waals surface area (Å²) in [7, 11) is 1.64. The smallest absolute Gasteiger partial charge is 0.227 e. The van der Waals surface area contributed by atoms with Crippen molar-refractivity contribution >= 4 is 5.91 Å². The zero-order chi connectivity index (χ0) is 14.4. The molecule has 1 amide bonds. The molecule has 0 bridgehead atoms. The van der Waals surface area contributed by atoms with Gasteiger partial charge in [0, 0.05) is 19.2 Å². The molecule has 0 radical (unpaired) electrons. The lowest BCUT2D eigenvalue weighted by molar-refractivity contribution is -0.131. The number of aliphatic hydroxyl groups excluding tert-OH is 1. The van der Waals surface area contributed by atoms with Crippen LogP contribution >= 0.6 is 0 Å². The number of methoxy groups -OCH3 is 1. The van der Waals surface area contributed by atoms with Gasteiger partial charge in [0.2, 0.25) is 5.91 Å². The van der Waals surface area contributed by atoms with Crippen molar-refractivity contribution in [2.45, 2.75) is 38.1 Å². The Labute approximate surface area is 120 Å². The van der Waals surface area contributed by atoms with E-state index in [9.17, 15) is 4.79 Å². The predicted octanol–water partition coefficient (Wildman–Crippen LogP) is 2.00. The number of hydrogen-bond acceptors (Lipinski definition) is 3. The second-order valence-corrected chi connectivity index (χ2v) is 5.27. The van der Waals surface area contributed by atoms with Gasteiger partial charge in [-0.2, -0.15) is 0 Å². The molecule has 0 saturated carbocycles. The zero-order valence-corrected chi connectivity index (χ0v) is 12.0. The maximum Gasteiger partial charge on any atom is 0.227 e. The minimum absolute atomic E-state index is 0.190. The highest BCUT2D eigenvalue weighted by atomic mass is 16.5. The molecule has 4 nitrogen and oxygen atoms in total. The van der Waals surface area contributed by atoms with Crippen molar-refractivity contribution in [1.29, 1.82) is 0 Å². The first-order valence-electron chi connectivity index (χ1n) is 7.28. The van der Waals surface area contributed by atoms with Crippen molar-refractivity contribution in [2.75, 3.05) is 20.3 Å². The molecule has 1 aromatic rings. The molecule has 1 saturated heterocycles. The summed E-state index contributed by atoms with van der Waals surface area (Å²) >= 11 is 0. The molecule has 1 atom stereocenters. The van der Waals surface area contributed by atoms with Gasteiger partial charge in [-0.05, 0) is 43.4 Å². The van der Waals surface area contributed by atoms with Gasteiger partial charge in [0.1, 0.15) is 5.75 Å². The van der Waals surface area contributed by atoms with Crippen molar-refractivity contribution < 1.29 is 14.6 Å². The molecule has 110 valence electrons. The third-order valence-corrected chi connectivity index (χ3v) is 3.91. The number of ether oxygens (including phenoxy) is 1. The number of amides is 1. The number of aliphatic hydroxyl groups is 1. The van der Waals surface area contributed by atoms with Crippen molar-refractivity contribution in [3.63, 3.8) is 0 Å². The summed E-state index contributed by atoms with van der Waals surface area (Å²) in [6.45, 7) is 1.06. The van der Waals surface area contributed by atoms with E-state index in [-0.39, 0.29) is 12.5 Å². The summed E-state index contributed by atoms with van der Waals surface area (Å²) in [5.74, 6) is 0.999. The minimum atomic E-state index is 0.190. The van der Waals surface area contributed by atoms with Crippen LogP contribution in [0.3, 0.4) is 0 Å². The Hall–Kier alpha value is -1.55. The minimum Gasteiger partial charge on any atom is -0.497 e. The number of benzene rings is 1. The SMILES string of the molecule is COc1ccc(CC(=O)N2CCCC2CCCO)cc1. The second-order valence-electron chi connectivity index (χ2n) is 5.27. The van der Waals surface area contributed by atoms with E-state index in [1.54, 1.807) is 7.11 Å². The number of likely N-dealkylation sites (tertiary alicyclic amines) is 1. The lowest BCUT2D eigenvalue weighted by atomic mass is 10.1. The second kappa shape index (κ2) is 7.29.